The fraction of sp³-hybridized carbons (Fsp3) is 0.545. The maximum absolute atomic E-state index is 13.1. The second-order valence-electron chi connectivity index (χ2n) is 8.07. The lowest BCUT2D eigenvalue weighted by molar-refractivity contribution is -0.137. The summed E-state index contributed by atoms with van der Waals surface area (Å²) < 4.78 is 0. The van der Waals surface area contributed by atoms with Crippen LogP contribution < -0.4 is 16.4 Å². The molecule has 3 rings (SSSR count). The lowest BCUT2D eigenvalue weighted by atomic mass is 9.82. The van der Waals surface area contributed by atoms with Crippen LogP contribution in [0, 0.1) is 11.8 Å². The van der Waals surface area contributed by atoms with E-state index in [9.17, 15) is 19.2 Å². The average Bonchev–Trinajstić information content (AvgIpc) is 2.97. The topological polar surface area (TPSA) is 122 Å². The van der Waals surface area contributed by atoms with Gasteiger partial charge in [-0.15, -0.1) is 0 Å². The molecule has 1 heterocycles. The van der Waals surface area contributed by atoms with Crippen molar-refractivity contribution in [1.29, 1.82) is 0 Å². The molecule has 0 saturated carbocycles. The summed E-state index contributed by atoms with van der Waals surface area (Å²) in [6.45, 7) is 3.29. The van der Waals surface area contributed by atoms with Gasteiger partial charge in [0.25, 0.3) is 0 Å². The smallest absolute Gasteiger partial charge is 0.230 e. The summed E-state index contributed by atoms with van der Waals surface area (Å²) in [6, 6.07) is 5.18. The number of hydrogen-bond donors (Lipinski definition) is 3. The minimum atomic E-state index is -1.04. The number of piperidine rings is 1. The molecule has 1 fully saturated rings. The lowest BCUT2D eigenvalue weighted by Crippen LogP contribution is -2.46. The van der Waals surface area contributed by atoms with E-state index < -0.39 is 17.7 Å². The van der Waals surface area contributed by atoms with Gasteiger partial charge in [-0.1, -0.05) is 12.1 Å². The van der Waals surface area contributed by atoms with E-state index in [1.807, 2.05) is 0 Å². The highest BCUT2D eigenvalue weighted by atomic mass is 16.2. The Balaban J connectivity index is 1.62. The molecule has 0 radical (unpaired) electrons. The molecular formula is C22H30N4O4. The van der Waals surface area contributed by atoms with E-state index in [1.165, 1.54) is 0 Å². The minimum absolute atomic E-state index is 0.147. The number of carbonyl (C=O) groups excluding carboxylic acids is 4. The molecule has 8 heteroatoms. The zero-order valence-electron chi connectivity index (χ0n) is 17.4. The third kappa shape index (κ3) is 4.76. The molecule has 0 aromatic heterocycles. The molecular weight excluding hydrogens is 384 g/mol. The molecule has 0 spiro atoms. The number of amides is 2. The Kier molecular flexibility index (Phi) is 7.33. The number of ketones is 2. The summed E-state index contributed by atoms with van der Waals surface area (Å²) in [5.41, 5.74) is 6.88. The zero-order valence-corrected chi connectivity index (χ0v) is 17.4. The SMILES string of the molecule is CN(CCCCN)CCCNc1cccc2c1C(=O)C(C1CCC(=O)NC1=O)C2=O. The standard InChI is InChI=1S/C22H30N4O4/c1-26(12-3-2-10-23)13-5-11-24-16-7-4-6-14-18(16)21(29)19(20(14)28)15-8-9-17(27)25-22(15)30/h4,6-7,15,19,24H,2-3,5,8-13,23H2,1H3,(H,25,27,30). The third-order valence-corrected chi connectivity index (χ3v) is 5.85. The lowest BCUT2D eigenvalue weighted by Gasteiger charge is -2.24. The van der Waals surface area contributed by atoms with Crippen LogP contribution in [0.5, 0.6) is 0 Å². The van der Waals surface area contributed by atoms with Crippen LogP contribution in [0.25, 0.3) is 0 Å². The normalized spacial score (nSPS) is 21.2. The molecule has 1 aliphatic heterocycles. The summed E-state index contributed by atoms with van der Waals surface area (Å²) in [5, 5.41) is 5.54. The van der Waals surface area contributed by atoms with E-state index in [1.54, 1.807) is 18.2 Å². The van der Waals surface area contributed by atoms with E-state index in [-0.39, 0.29) is 30.3 Å². The number of rotatable bonds is 10. The number of nitrogens with zero attached hydrogens (tertiary/aromatic N) is 1. The van der Waals surface area contributed by atoms with Gasteiger partial charge in [0.15, 0.2) is 11.6 Å². The van der Waals surface area contributed by atoms with E-state index in [4.69, 9.17) is 5.73 Å². The van der Waals surface area contributed by atoms with E-state index in [2.05, 4.69) is 22.6 Å². The highest BCUT2D eigenvalue weighted by Crippen LogP contribution is 2.38. The molecule has 4 N–H and O–H groups in total. The van der Waals surface area contributed by atoms with Crippen LogP contribution >= 0.6 is 0 Å². The number of nitrogens with one attached hydrogen (secondary N) is 2. The van der Waals surface area contributed by atoms with Crippen molar-refractivity contribution in [2.24, 2.45) is 17.6 Å². The summed E-state index contributed by atoms with van der Waals surface area (Å²) in [7, 11) is 2.07. The van der Waals surface area contributed by atoms with Gasteiger partial charge in [0, 0.05) is 24.2 Å². The zero-order chi connectivity index (χ0) is 21.7. The van der Waals surface area contributed by atoms with E-state index in [0.29, 0.717) is 29.9 Å². The molecule has 2 atom stereocenters. The van der Waals surface area contributed by atoms with Crippen molar-refractivity contribution in [2.75, 3.05) is 38.5 Å². The van der Waals surface area contributed by atoms with Gasteiger partial charge in [-0.2, -0.15) is 0 Å². The Morgan fingerprint density at radius 1 is 1.10 bits per heavy atom. The van der Waals surface area contributed by atoms with Crippen LogP contribution in [0.1, 0.15) is 52.8 Å². The first-order valence-electron chi connectivity index (χ1n) is 10.6. The number of imide groups is 1. The Labute approximate surface area is 176 Å². The van der Waals surface area contributed by atoms with Crippen LogP contribution in [-0.2, 0) is 9.59 Å². The van der Waals surface area contributed by atoms with Gasteiger partial charge in [0.1, 0.15) is 0 Å². The Morgan fingerprint density at radius 3 is 2.60 bits per heavy atom. The third-order valence-electron chi connectivity index (χ3n) is 5.85. The average molecular weight is 415 g/mol. The molecule has 2 unspecified atom stereocenters. The predicted molar refractivity (Wildman–Crippen MR) is 113 cm³/mol. The van der Waals surface area contributed by atoms with Gasteiger partial charge in [-0.25, -0.2) is 0 Å². The molecule has 8 nitrogen and oxygen atoms in total. The summed E-state index contributed by atoms with van der Waals surface area (Å²) in [4.78, 5) is 51.9. The van der Waals surface area contributed by atoms with Gasteiger partial charge in [-0.05, 0) is 58.4 Å². The number of anilines is 1. The molecule has 1 aliphatic carbocycles. The second-order valence-corrected chi connectivity index (χ2v) is 8.07. The maximum atomic E-state index is 13.1. The number of Topliss-reactive ketones (excluding diaryl/α,β-unsaturated/α-hetero) is 2. The Bertz CT molecular complexity index is 838. The summed E-state index contributed by atoms with van der Waals surface area (Å²) in [6.07, 6.45) is 3.35. The van der Waals surface area contributed by atoms with Crippen LogP contribution in [-0.4, -0.2) is 61.5 Å². The maximum Gasteiger partial charge on any atom is 0.230 e. The number of unbranched alkanes of at least 4 members (excludes halogenated alkanes) is 1. The van der Waals surface area contributed by atoms with Gasteiger partial charge >= 0.3 is 0 Å². The molecule has 1 aromatic rings. The molecule has 30 heavy (non-hydrogen) atoms. The first-order valence-corrected chi connectivity index (χ1v) is 10.6. The first-order chi connectivity index (χ1) is 14.4. The molecule has 1 saturated heterocycles. The van der Waals surface area contributed by atoms with Crippen LogP contribution in [0.2, 0.25) is 0 Å². The number of nitrogens with two attached hydrogens (primary N) is 1. The highest BCUT2D eigenvalue weighted by molar-refractivity contribution is 6.30. The van der Waals surface area contributed by atoms with Crippen LogP contribution in [0.3, 0.4) is 0 Å². The minimum Gasteiger partial charge on any atom is -0.384 e. The summed E-state index contributed by atoms with van der Waals surface area (Å²) in [5.74, 6) is -3.37. The van der Waals surface area contributed by atoms with Gasteiger partial charge < -0.3 is 16.0 Å². The Hall–Kier alpha value is -2.58. The van der Waals surface area contributed by atoms with Crippen LogP contribution in [0.15, 0.2) is 18.2 Å². The van der Waals surface area contributed by atoms with Crippen molar-refractivity contribution < 1.29 is 19.2 Å². The van der Waals surface area contributed by atoms with Gasteiger partial charge in [0.2, 0.25) is 11.8 Å². The second kappa shape index (κ2) is 9.95. The Morgan fingerprint density at radius 2 is 1.87 bits per heavy atom. The van der Waals surface area contributed by atoms with Crippen LogP contribution in [0.4, 0.5) is 5.69 Å². The monoisotopic (exact) mass is 414 g/mol. The largest absolute Gasteiger partial charge is 0.384 e. The van der Waals surface area contributed by atoms with Crippen molar-refractivity contribution in [3.05, 3.63) is 29.3 Å². The molecule has 2 amide bonds. The predicted octanol–water partition coefficient (Wildman–Crippen LogP) is 1.21. The van der Waals surface area contributed by atoms with Crippen molar-refractivity contribution >= 4 is 29.1 Å². The quantitative estimate of drug-likeness (QED) is 0.299. The number of hydrogen-bond acceptors (Lipinski definition) is 7. The van der Waals surface area contributed by atoms with Crippen molar-refractivity contribution in [3.63, 3.8) is 0 Å². The molecule has 162 valence electrons. The molecule has 1 aromatic carbocycles. The van der Waals surface area contributed by atoms with Crippen molar-refractivity contribution in [2.45, 2.75) is 32.1 Å². The van der Waals surface area contributed by atoms with E-state index in [0.717, 1.165) is 32.4 Å². The fourth-order valence-corrected chi connectivity index (χ4v) is 4.22. The first kappa shape index (κ1) is 22.1. The van der Waals surface area contributed by atoms with E-state index >= 15 is 0 Å². The number of carbonyl (C=O) groups is 4. The number of fused-ring (bicyclic) bond motifs is 1. The molecule has 0 bridgehead atoms. The van der Waals surface area contributed by atoms with Crippen molar-refractivity contribution in [3.8, 4) is 0 Å². The van der Waals surface area contributed by atoms with Crippen molar-refractivity contribution in [1.82, 2.24) is 10.2 Å². The highest BCUT2D eigenvalue weighted by Gasteiger charge is 2.48. The van der Waals surface area contributed by atoms with Gasteiger partial charge in [0.05, 0.1) is 17.4 Å². The fourth-order valence-electron chi connectivity index (χ4n) is 4.22. The molecule has 2 aliphatic rings. The summed E-state index contributed by atoms with van der Waals surface area (Å²) >= 11 is 0. The van der Waals surface area contributed by atoms with Gasteiger partial charge in [-0.3, -0.25) is 24.5 Å². The number of benzene rings is 1.